The molecule has 2 fully saturated rings. The molecule has 142 valence electrons. The average molecular weight is 359 g/mol. The first-order valence-electron chi connectivity index (χ1n) is 9.57. The number of nitrogens with zero attached hydrogens (tertiary/aromatic N) is 3. The molecule has 0 bridgehead atoms. The Morgan fingerprint density at radius 2 is 1.69 bits per heavy atom. The second-order valence-electron chi connectivity index (χ2n) is 7.57. The van der Waals surface area contributed by atoms with Crippen molar-refractivity contribution in [3.63, 3.8) is 0 Å². The molecule has 1 N–H and O–H groups in total. The average Bonchev–Trinajstić information content (AvgIpc) is 2.67. The van der Waals surface area contributed by atoms with Crippen LogP contribution in [0.3, 0.4) is 0 Å². The number of benzene rings is 1. The van der Waals surface area contributed by atoms with Crippen molar-refractivity contribution < 1.29 is 14.7 Å². The summed E-state index contributed by atoms with van der Waals surface area (Å²) in [5.41, 5.74) is 1.22. The number of carboxylic acid groups (broad SMARTS) is 1. The Hall–Kier alpha value is -2.08. The third-order valence-corrected chi connectivity index (χ3v) is 5.66. The highest BCUT2D eigenvalue weighted by Crippen LogP contribution is 2.23. The molecule has 1 aromatic carbocycles. The van der Waals surface area contributed by atoms with Gasteiger partial charge in [0.2, 0.25) is 5.91 Å². The number of hydrogen-bond donors (Lipinski definition) is 1. The topological polar surface area (TPSA) is 64.1 Å². The van der Waals surface area contributed by atoms with Crippen molar-refractivity contribution in [2.45, 2.75) is 32.7 Å². The predicted octanol–water partition coefficient (Wildman–Crippen LogP) is 2.15. The molecular weight excluding hydrogens is 330 g/mol. The van der Waals surface area contributed by atoms with Gasteiger partial charge >= 0.3 is 5.97 Å². The van der Waals surface area contributed by atoms with E-state index in [2.05, 4.69) is 23.6 Å². The quantitative estimate of drug-likeness (QED) is 0.892. The van der Waals surface area contributed by atoms with Gasteiger partial charge in [-0.1, -0.05) is 6.07 Å². The fourth-order valence-electron chi connectivity index (χ4n) is 3.94. The number of amides is 1. The minimum atomic E-state index is -0.909. The van der Waals surface area contributed by atoms with E-state index in [1.54, 1.807) is 18.2 Å². The van der Waals surface area contributed by atoms with E-state index in [4.69, 9.17) is 5.11 Å². The van der Waals surface area contributed by atoms with Crippen LogP contribution < -0.4 is 4.90 Å². The second kappa shape index (κ2) is 8.08. The number of piperidine rings is 1. The number of carbonyl (C=O) groups is 2. The van der Waals surface area contributed by atoms with Crippen molar-refractivity contribution in [2.24, 2.45) is 5.92 Å². The maximum atomic E-state index is 12.8. The van der Waals surface area contributed by atoms with Gasteiger partial charge in [0.25, 0.3) is 0 Å². The number of hydrogen-bond acceptors (Lipinski definition) is 4. The first kappa shape index (κ1) is 18.7. The van der Waals surface area contributed by atoms with Gasteiger partial charge in [-0.25, -0.2) is 4.79 Å². The Balaban J connectivity index is 1.53. The Bertz CT molecular complexity index is 645. The van der Waals surface area contributed by atoms with Crippen LogP contribution in [0, 0.1) is 5.92 Å². The van der Waals surface area contributed by atoms with Gasteiger partial charge in [0.15, 0.2) is 0 Å². The van der Waals surface area contributed by atoms with E-state index in [1.807, 2.05) is 11.0 Å². The zero-order chi connectivity index (χ0) is 18.7. The van der Waals surface area contributed by atoms with Crippen LogP contribution in [0.15, 0.2) is 24.3 Å². The molecule has 2 saturated heterocycles. The summed E-state index contributed by atoms with van der Waals surface area (Å²) in [5.74, 6) is -0.451. The molecule has 3 rings (SSSR count). The molecule has 0 radical (unpaired) electrons. The molecule has 2 heterocycles. The summed E-state index contributed by atoms with van der Waals surface area (Å²) in [7, 11) is 0. The number of carboxylic acids is 1. The standard InChI is InChI=1S/C20H29N3O3/c1-15(2)21-8-6-16(7-9-21)19(24)23-12-10-22(11-13-23)18-5-3-4-17(14-18)20(25)26/h3-5,14-16H,6-13H2,1-2H3,(H,25,26). The maximum absolute atomic E-state index is 12.8. The zero-order valence-corrected chi connectivity index (χ0v) is 15.7. The molecule has 0 unspecified atom stereocenters. The summed E-state index contributed by atoms with van der Waals surface area (Å²) in [4.78, 5) is 30.6. The van der Waals surface area contributed by atoms with Crippen LogP contribution in [0.1, 0.15) is 37.0 Å². The molecule has 1 aromatic rings. The second-order valence-corrected chi connectivity index (χ2v) is 7.57. The highest BCUT2D eigenvalue weighted by Gasteiger charge is 2.31. The molecule has 6 nitrogen and oxygen atoms in total. The molecule has 2 aliphatic heterocycles. The Morgan fingerprint density at radius 1 is 1.04 bits per heavy atom. The Labute approximate surface area is 155 Å². The van der Waals surface area contributed by atoms with Crippen LogP contribution in [0.25, 0.3) is 0 Å². The molecule has 1 amide bonds. The smallest absolute Gasteiger partial charge is 0.335 e. The van der Waals surface area contributed by atoms with Crippen molar-refractivity contribution in [1.82, 2.24) is 9.80 Å². The molecule has 0 spiro atoms. The first-order chi connectivity index (χ1) is 12.5. The van der Waals surface area contributed by atoms with E-state index in [1.165, 1.54) is 0 Å². The van der Waals surface area contributed by atoms with Gasteiger partial charge in [0.05, 0.1) is 5.56 Å². The van der Waals surface area contributed by atoms with E-state index in [-0.39, 0.29) is 5.92 Å². The van der Waals surface area contributed by atoms with E-state index in [0.29, 0.717) is 30.6 Å². The van der Waals surface area contributed by atoms with E-state index >= 15 is 0 Å². The van der Waals surface area contributed by atoms with Gasteiger partial charge < -0.3 is 19.8 Å². The molecular formula is C20H29N3O3. The lowest BCUT2D eigenvalue weighted by atomic mass is 9.94. The predicted molar refractivity (Wildman–Crippen MR) is 102 cm³/mol. The van der Waals surface area contributed by atoms with Gasteiger partial charge in [0, 0.05) is 43.8 Å². The molecule has 6 heteroatoms. The molecule has 0 aromatic heterocycles. The maximum Gasteiger partial charge on any atom is 0.335 e. The van der Waals surface area contributed by atoms with Gasteiger partial charge in [-0.05, 0) is 58.0 Å². The fraction of sp³-hybridized carbons (Fsp3) is 0.600. The van der Waals surface area contributed by atoms with Crippen molar-refractivity contribution in [3.05, 3.63) is 29.8 Å². The third-order valence-electron chi connectivity index (χ3n) is 5.66. The van der Waals surface area contributed by atoms with Crippen LogP contribution >= 0.6 is 0 Å². The Kier molecular flexibility index (Phi) is 5.81. The van der Waals surface area contributed by atoms with Gasteiger partial charge in [-0.3, -0.25) is 4.79 Å². The normalized spacial score (nSPS) is 19.8. The monoisotopic (exact) mass is 359 g/mol. The summed E-state index contributed by atoms with van der Waals surface area (Å²) in [6, 6.07) is 7.58. The molecule has 0 atom stereocenters. The van der Waals surface area contributed by atoms with Crippen molar-refractivity contribution in [1.29, 1.82) is 0 Å². The first-order valence-corrected chi connectivity index (χ1v) is 9.57. The van der Waals surface area contributed by atoms with Crippen molar-refractivity contribution in [2.75, 3.05) is 44.2 Å². The van der Waals surface area contributed by atoms with Gasteiger partial charge in [0.1, 0.15) is 0 Å². The zero-order valence-electron chi connectivity index (χ0n) is 15.7. The van der Waals surface area contributed by atoms with Crippen LogP contribution in [-0.2, 0) is 4.79 Å². The minimum Gasteiger partial charge on any atom is -0.478 e. The number of anilines is 1. The summed E-state index contributed by atoms with van der Waals surface area (Å²) in [5, 5.41) is 9.14. The lowest BCUT2D eigenvalue weighted by Crippen LogP contribution is -2.52. The van der Waals surface area contributed by atoms with Crippen LogP contribution in [0.5, 0.6) is 0 Å². The summed E-state index contributed by atoms with van der Waals surface area (Å²) >= 11 is 0. The highest BCUT2D eigenvalue weighted by molar-refractivity contribution is 5.88. The molecule has 26 heavy (non-hydrogen) atoms. The van der Waals surface area contributed by atoms with E-state index in [0.717, 1.165) is 44.7 Å². The molecule has 2 aliphatic rings. The third kappa shape index (κ3) is 4.18. The summed E-state index contributed by atoms with van der Waals surface area (Å²) < 4.78 is 0. The number of aromatic carboxylic acids is 1. The van der Waals surface area contributed by atoms with Crippen LogP contribution in [0.2, 0.25) is 0 Å². The van der Waals surface area contributed by atoms with E-state index < -0.39 is 5.97 Å². The Morgan fingerprint density at radius 3 is 2.27 bits per heavy atom. The van der Waals surface area contributed by atoms with Crippen LogP contribution in [0.4, 0.5) is 5.69 Å². The fourth-order valence-corrected chi connectivity index (χ4v) is 3.94. The number of likely N-dealkylation sites (tertiary alicyclic amines) is 1. The summed E-state index contributed by atoms with van der Waals surface area (Å²) in [6.07, 6.45) is 1.91. The minimum absolute atomic E-state index is 0.159. The SMILES string of the molecule is CC(C)N1CCC(C(=O)N2CCN(c3cccc(C(=O)O)c3)CC2)CC1. The molecule has 0 saturated carbocycles. The molecule has 0 aliphatic carbocycles. The van der Waals surface area contributed by atoms with Crippen LogP contribution in [-0.4, -0.2) is 72.1 Å². The number of rotatable bonds is 4. The highest BCUT2D eigenvalue weighted by atomic mass is 16.4. The lowest BCUT2D eigenvalue weighted by Gasteiger charge is -2.40. The van der Waals surface area contributed by atoms with Crippen molar-refractivity contribution >= 4 is 17.6 Å². The van der Waals surface area contributed by atoms with Gasteiger partial charge in [-0.15, -0.1) is 0 Å². The van der Waals surface area contributed by atoms with E-state index in [9.17, 15) is 9.59 Å². The number of piperazine rings is 1. The largest absolute Gasteiger partial charge is 0.478 e. The number of carbonyl (C=O) groups excluding carboxylic acids is 1. The lowest BCUT2D eigenvalue weighted by molar-refractivity contribution is -0.137. The van der Waals surface area contributed by atoms with Gasteiger partial charge in [-0.2, -0.15) is 0 Å². The van der Waals surface area contributed by atoms with Crippen molar-refractivity contribution in [3.8, 4) is 0 Å². The summed E-state index contributed by atoms with van der Waals surface area (Å²) in [6.45, 7) is 9.35.